The van der Waals surface area contributed by atoms with Crippen LogP contribution < -0.4 is 4.90 Å². The van der Waals surface area contributed by atoms with E-state index < -0.39 is 5.97 Å². The van der Waals surface area contributed by atoms with Crippen LogP contribution in [-0.4, -0.2) is 58.8 Å². The van der Waals surface area contributed by atoms with Gasteiger partial charge in [-0.3, -0.25) is 9.59 Å². The summed E-state index contributed by atoms with van der Waals surface area (Å²) in [4.78, 5) is 25.7. The van der Waals surface area contributed by atoms with E-state index in [-0.39, 0.29) is 24.2 Å². The maximum Gasteiger partial charge on any atom is 0.323 e. The molecule has 0 bridgehead atoms. The zero-order valence-corrected chi connectivity index (χ0v) is 12.2. The highest BCUT2D eigenvalue weighted by Gasteiger charge is 2.19. The van der Waals surface area contributed by atoms with Gasteiger partial charge in [0.15, 0.2) is 11.5 Å². The molecule has 1 atom stereocenters. The molecule has 0 aliphatic rings. The number of rotatable bonds is 6. The van der Waals surface area contributed by atoms with Crippen LogP contribution in [0.1, 0.15) is 30.8 Å². The summed E-state index contributed by atoms with van der Waals surface area (Å²) in [7, 11) is 3.27. The molecule has 110 valence electrons. The first-order valence-corrected chi connectivity index (χ1v) is 6.40. The van der Waals surface area contributed by atoms with Gasteiger partial charge in [0.25, 0.3) is 5.91 Å². The van der Waals surface area contributed by atoms with Gasteiger partial charge >= 0.3 is 5.97 Å². The third-order valence-corrected chi connectivity index (χ3v) is 3.00. The number of hydrogen-bond donors (Lipinski definition) is 1. The Labute approximate surface area is 118 Å². The molecule has 1 aromatic heterocycles. The third kappa shape index (κ3) is 3.91. The van der Waals surface area contributed by atoms with E-state index in [1.54, 1.807) is 31.1 Å². The molecule has 0 aromatic carbocycles. The minimum Gasteiger partial charge on any atom is -0.480 e. The Morgan fingerprint density at radius 1 is 1.30 bits per heavy atom. The molecule has 0 aliphatic heterocycles. The van der Waals surface area contributed by atoms with E-state index in [1.807, 2.05) is 13.8 Å². The quantitative estimate of drug-likeness (QED) is 0.832. The first-order chi connectivity index (χ1) is 9.36. The molecule has 1 heterocycles. The van der Waals surface area contributed by atoms with E-state index in [0.29, 0.717) is 5.82 Å². The maximum absolute atomic E-state index is 11.7. The van der Waals surface area contributed by atoms with E-state index in [4.69, 9.17) is 5.11 Å². The van der Waals surface area contributed by atoms with Gasteiger partial charge in [-0.15, -0.1) is 10.2 Å². The van der Waals surface area contributed by atoms with Gasteiger partial charge in [0.05, 0.1) is 0 Å². The number of aromatic nitrogens is 2. The molecule has 1 rings (SSSR count). The minimum atomic E-state index is -0.930. The van der Waals surface area contributed by atoms with Gasteiger partial charge in [0.1, 0.15) is 6.54 Å². The zero-order valence-electron chi connectivity index (χ0n) is 12.2. The van der Waals surface area contributed by atoms with Gasteiger partial charge in [-0.25, -0.2) is 0 Å². The molecule has 1 unspecified atom stereocenters. The van der Waals surface area contributed by atoms with Crippen molar-refractivity contribution in [2.45, 2.75) is 26.3 Å². The Balaban J connectivity index is 2.98. The van der Waals surface area contributed by atoms with Gasteiger partial charge in [0.2, 0.25) is 0 Å². The van der Waals surface area contributed by atoms with Crippen LogP contribution in [0.2, 0.25) is 0 Å². The number of hydrogen-bond acceptors (Lipinski definition) is 5. The smallest absolute Gasteiger partial charge is 0.323 e. The molecule has 0 radical (unpaired) electrons. The number of carbonyl (C=O) groups excluding carboxylic acids is 1. The van der Waals surface area contributed by atoms with Crippen LogP contribution in [-0.2, 0) is 4.79 Å². The van der Waals surface area contributed by atoms with Gasteiger partial charge < -0.3 is 14.9 Å². The second-order valence-electron chi connectivity index (χ2n) is 4.76. The summed E-state index contributed by atoms with van der Waals surface area (Å²) >= 11 is 0. The first kappa shape index (κ1) is 15.9. The molecule has 0 aliphatic carbocycles. The number of nitrogens with zero attached hydrogens (tertiary/aromatic N) is 4. The first-order valence-electron chi connectivity index (χ1n) is 6.40. The van der Waals surface area contributed by atoms with Crippen molar-refractivity contribution in [1.82, 2.24) is 15.1 Å². The Kier molecular flexibility index (Phi) is 5.42. The number of carboxylic acid groups (broad SMARTS) is 1. The van der Waals surface area contributed by atoms with E-state index in [9.17, 15) is 9.59 Å². The number of carbonyl (C=O) groups is 2. The second-order valence-corrected chi connectivity index (χ2v) is 4.76. The highest BCUT2D eigenvalue weighted by Crippen LogP contribution is 2.15. The van der Waals surface area contributed by atoms with Crippen LogP contribution in [0.3, 0.4) is 0 Å². The molecule has 7 nitrogen and oxygen atoms in total. The standard InChI is InChI=1S/C13H20N4O3/c1-5-9(2)17(8-12(18)19)11-7-6-10(14-15-11)13(20)16(3)4/h6-7,9H,5,8H2,1-4H3,(H,18,19). The number of carboxylic acids is 1. The monoisotopic (exact) mass is 280 g/mol. The molecule has 7 heteroatoms. The van der Waals surface area contributed by atoms with Gasteiger partial charge in [-0.2, -0.15) is 0 Å². The van der Waals surface area contributed by atoms with Crippen molar-refractivity contribution in [1.29, 1.82) is 0 Å². The Morgan fingerprint density at radius 2 is 1.95 bits per heavy atom. The third-order valence-electron chi connectivity index (χ3n) is 3.00. The molecular weight excluding hydrogens is 260 g/mol. The highest BCUT2D eigenvalue weighted by molar-refractivity contribution is 5.91. The fraction of sp³-hybridized carbons (Fsp3) is 0.538. The number of anilines is 1. The van der Waals surface area contributed by atoms with Crippen molar-refractivity contribution in [3.63, 3.8) is 0 Å². The van der Waals surface area contributed by atoms with Gasteiger partial charge in [-0.1, -0.05) is 6.92 Å². The van der Waals surface area contributed by atoms with Crippen LogP contribution in [0, 0.1) is 0 Å². The molecule has 1 amide bonds. The van der Waals surface area contributed by atoms with Crippen molar-refractivity contribution < 1.29 is 14.7 Å². The Morgan fingerprint density at radius 3 is 2.35 bits per heavy atom. The van der Waals surface area contributed by atoms with E-state index >= 15 is 0 Å². The average molecular weight is 280 g/mol. The zero-order chi connectivity index (χ0) is 15.3. The molecule has 1 aromatic rings. The highest BCUT2D eigenvalue weighted by atomic mass is 16.4. The SMILES string of the molecule is CCC(C)N(CC(=O)O)c1ccc(C(=O)N(C)C)nn1. The van der Waals surface area contributed by atoms with Crippen LogP contribution in [0.5, 0.6) is 0 Å². The molecule has 0 saturated carbocycles. The largest absolute Gasteiger partial charge is 0.480 e. The molecule has 0 saturated heterocycles. The molecule has 0 spiro atoms. The normalized spacial score (nSPS) is 11.8. The van der Waals surface area contributed by atoms with Crippen molar-refractivity contribution in [2.24, 2.45) is 0 Å². The van der Waals surface area contributed by atoms with E-state index in [2.05, 4.69) is 10.2 Å². The summed E-state index contributed by atoms with van der Waals surface area (Å²) in [6.45, 7) is 3.74. The molecule has 0 fully saturated rings. The van der Waals surface area contributed by atoms with Crippen LogP contribution >= 0.6 is 0 Å². The Hall–Kier alpha value is -2.18. The van der Waals surface area contributed by atoms with Crippen LogP contribution in [0.4, 0.5) is 5.82 Å². The number of amides is 1. The van der Waals surface area contributed by atoms with Crippen molar-refractivity contribution in [3.05, 3.63) is 17.8 Å². The van der Waals surface area contributed by atoms with E-state index in [1.165, 1.54) is 4.90 Å². The summed E-state index contributed by atoms with van der Waals surface area (Å²) in [6.07, 6.45) is 0.785. The van der Waals surface area contributed by atoms with Crippen LogP contribution in [0.15, 0.2) is 12.1 Å². The maximum atomic E-state index is 11.7. The number of aliphatic carboxylic acids is 1. The van der Waals surface area contributed by atoms with Gasteiger partial charge in [-0.05, 0) is 25.5 Å². The average Bonchev–Trinajstić information content (AvgIpc) is 2.43. The topological polar surface area (TPSA) is 86.6 Å². The fourth-order valence-electron chi connectivity index (χ4n) is 1.65. The molecule has 20 heavy (non-hydrogen) atoms. The second kappa shape index (κ2) is 6.83. The summed E-state index contributed by atoms with van der Waals surface area (Å²) < 4.78 is 0. The van der Waals surface area contributed by atoms with Gasteiger partial charge in [0, 0.05) is 20.1 Å². The molecular formula is C13H20N4O3. The van der Waals surface area contributed by atoms with Crippen molar-refractivity contribution in [2.75, 3.05) is 25.5 Å². The lowest BCUT2D eigenvalue weighted by atomic mass is 10.2. The predicted octanol–water partition coefficient (Wildman–Crippen LogP) is 0.868. The lowest BCUT2D eigenvalue weighted by Crippen LogP contribution is -2.38. The fourth-order valence-corrected chi connectivity index (χ4v) is 1.65. The summed E-state index contributed by atoms with van der Waals surface area (Å²) in [6, 6.07) is 3.21. The van der Waals surface area contributed by atoms with E-state index in [0.717, 1.165) is 6.42 Å². The van der Waals surface area contributed by atoms with Crippen molar-refractivity contribution >= 4 is 17.7 Å². The van der Waals surface area contributed by atoms with Crippen LogP contribution in [0.25, 0.3) is 0 Å². The molecule has 1 N–H and O–H groups in total. The predicted molar refractivity (Wildman–Crippen MR) is 74.8 cm³/mol. The lowest BCUT2D eigenvalue weighted by molar-refractivity contribution is -0.135. The summed E-state index contributed by atoms with van der Waals surface area (Å²) in [5, 5.41) is 16.8. The summed E-state index contributed by atoms with van der Waals surface area (Å²) in [5.41, 5.74) is 0.234. The summed E-state index contributed by atoms with van der Waals surface area (Å²) in [5.74, 6) is -0.713. The Bertz CT molecular complexity index is 473. The minimum absolute atomic E-state index is 0.0239. The lowest BCUT2D eigenvalue weighted by Gasteiger charge is -2.27. The van der Waals surface area contributed by atoms with Crippen molar-refractivity contribution in [3.8, 4) is 0 Å².